The molecule has 1 aliphatic heterocycles. The van der Waals surface area contributed by atoms with E-state index < -0.39 is 12.1 Å². The molecule has 3 aromatic rings. The fourth-order valence-corrected chi connectivity index (χ4v) is 3.83. The molecule has 10 heteroatoms. The summed E-state index contributed by atoms with van der Waals surface area (Å²) in [6, 6.07) is 11.6. The van der Waals surface area contributed by atoms with Gasteiger partial charge >= 0.3 is 6.03 Å². The van der Waals surface area contributed by atoms with Crippen molar-refractivity contribution in [3.8, 4) is 5.75 Å². The van der Waals surface area contributed by atoms with Crippen molar-refractivity contribution in [1.29, 1.82) is 0 Å². The molecule has 2 aromatic heterocycles. The largest absolute Gasteiger partial charge is 0.497 e. The summed E-state index contributed by atoms with van der Waals surface area (Å²) < 4.78 is 6.95. The van der Waals surface area contributed by atoms with E-state index in [1.807, 2.05) is 60.0 Å². The normalized spacial score (nSPS) is 16.7. The van der Waals surface area contributed by atoms with Crippen LogP contribution < -0.4 is 15.4 Å². The third kappa shape index (κ3) is 4.94. The molecular weight excluding hydrogens is 424 g/mol. The number of methoxy groups -OCH3 is 1. The molecule has 4 rings (SSSR count). The van der Waals surface area contributed by atoms with Gasteiger partial charge in [0.1, 0.15) is 11.8 Å². The summed E-state index contributed by atoms with van der Waals surface area (Å²) in [5.41, 5.74) is 1.69. The lowest BCUT2D eigenvalue weighted by atomic mass is 10.1. The quantitative estimate of drug-likeness (QED) is 0.481. The van der Waals surface area contributed by atoms with E-state index in [1.165, 1.54) is 4.90 Å². The second-order valence-electron chi connectivity index (χ2n) is 7.90. The lowest BCUT2D eigenvalue weighted by Gasteiger charge is -2.14. The number of hydrogen-bond donors (Lipinski definition) is 2. The molecule has 1 saturated heterocycles. The zero-order valence-electron chi connectivity index (χ0n) is 18.5. The monoisotopic (exact) mass is 450 g/mol. The number of nitrogens with zero attached hydrogens (tertiary/aromatic N) is 4. The number of ether oxygens (including phenoxy) is 1. The highest BCUT2D eigenvalue weighted by Gasteiger charge is 2.37. The third-order valence-corrected chi connectivity index (χ3v) is 5.66. The van der Waals surface area contributed by atoms with Crippen LogP contribution in [0.15, 0.2) is 48.7 Å². The van der Waals surface area contributed by atoms with E-state index in [0.717, 1.165) is 11.3 Å². The summed E-state index contributed by atoms with van der Waals surface area (Å²) in [4.78, 5) is 38.6. The van der Waals surface area contributed by atoms with E-state index in [2.05, 4.69) is 20.8 Å². The molecule has 2 N–H and O–H groups in total. The number of aromatic nitrogens is 3. The maximum absolute atomic E-state index is 12.7. The van der Waals surface area contributed by atoms with Crippen LogP contribution >= 0.6 is 0 Å². The molecule has 10 nitrogen and oxygen atoms in total. The van der Waals surface area contributed by atoms with Crippen LogP contribution in [-0.2, 0) is 16.0 Å². The standard InChI is InChI=1S/C23H26N6O4/c1-15(21-27-26-19-5-3-4-13-28(19)21)24-20(30)11-10-18-22(31)29(23(32)25-18)14-12-16-6-8-17(33-2)9-7-16/h3-9,13,15,18H,10-12,14H2,1-2H3,(H,24,30)(H,25,32)/t15-,18-/m0/s1. The van der Waals surface area contributed by atoms with Crippen molar-refractivity contribution in [3.05, 3.63) is 60.0 Å². The number of nitrogens with one attached hydrogen (secondary N) is 2. The zero-order chi connectivity index (χ0) is 23.4. The maximum Gasteiger partial charge on any atom is 0.324 e. The third-order valence-electron chi connectivity index (χ3n) is 5.66. The van der Waals surface area contributed by atoms with Gasteiger partial charge in [0.05, 0.1) is 13.2 Å². The van der Waals surface area contributed by atoms with E-state index in [1.54, 1.807) is 7.11 Å². The zero-order valence-corrected chi connectivity index (χ0v) is 18.5. The first-order valence-electron chi connectivity index (χ1n) is 10.8. The lowest BCUT2D eigenvalue weighted by molar-refractivity contribution is -0.127. The molecule has 172 valence electrons. The molecule has 0 bridgehead atoms. The minimum absolute atomic E-state index is 0.101. The summed E-state index contributed by atoms with van der Waals surface area (Å²) in [6.07, 6.45) is 2.70. The minimum atomic E-state index is -0.705. The Morgan fingerprint density at radius 2 is 1.97 bits per heavy atom. The van der Waals surface area contributed by atoms with Crippen molar-refractivity contribution >= 4 is 23.5 Å². The Labute approximate surface area is 190 Å². The van der Waals surface area contributed by atoms with Gasteiger partial charge in [0.25, 0.3) is 5.91 Å². The molecule has 1 fully saturated rings. The van der Waals surface area contributed by atoms with Gasteiger partial charge in [0.15, 0.2) is 11.5 Å². The summed E-state index contributed by atoms with van der Waals surface area (Å²) >= 11 is 0. The van der Waals surface area contributed by atoms with Gasteiger partial charge in [-0.25, -0.2) is 4.79 Å². The molecule has 3 heterocycles. The molecule has 1 aromatic carbocycles. The first kappa shape index (κ1) is 22.3. The fourth-order valence-electron chi connectivity index (χ4n) is 3.83. The molecule has 0 spiro atoms. The second kappa shape index (κ2) is 9.68. The highest BCUT2D eigenvalue weighted by atomic mass is 16.5. The van der Waals surface area contributed by atoms with Crippen LogP contribution in [-0.4, -0.2) is 57.0 Å². The van der Waals surface area contributed by atoms with Crippen LogP contribution in [0.2, 0.25) is 0 Å². The van der Waals surface area contributed by atoms with Crippen molar-refractivity contribution in [2.75, 3.05) is 13.7 Å². The number of carbonyl (C=O) groups is 3. The minimum Gasteiger partial charge on any atom is -0.497 e. The Morgan fingerprint density at radius 1 is 1.18 bits per heavy atom. The first-order chi connectivity index (χ1) is 16.0. The summed E-state index contributed by atoms with van der Waals surface area (Å²) in [7, 11) is 1.60. The topological polar surface area (TPSA) is 118 Å². The van der Waals surface area contributed by atoms with Crippen molar-refractivity contribution < 1.29 is 19.1 Å². The van der Waals surface area contributed by atoms with E-state index in [4.69, 9.17) is 4.74 Å². The second-order valence-corrected chi connectivity index (χ2v) is 7.90. The molecular formula is C23H26N6O4. The molecule has 0 unspecified atom stereocenters. The van der Waals surface area contributed by atoms with Gasteiger partial charge in [0.2, 0.25) is 5.91 Å². The number of rotatable bonds is 9. The van der Waals surface area contributed by atoms with Crippen LogP contribution in [0.1, 0.15) is 37.2 Å². The highest BCUT2D eigenvalue weighted by molar-refractivity contribution is 6.04. The van der Waals surface area contributed by atoms with Gasteiger partial charge in [-0.15, -0.1) is 10.2 Å². The smallest absolute Gasteiger partial charge is 0.324 e. The number of benzene rings is 1. The number of pyridine rings is 1. The van der Waals surface area contributed by atoms with Crippen molar-refractivity contribution in [2.45, 2.75) is 38.3 Å². The molecule has 33 heavy (non-hydrogen) atoms. The average Bonchev–Trinajstić information content (AvgIpc) is 3.37. The number of hydrogen-bond acceptors (Lipinski definition) is 6. The number of fused-ring (bicyclic) bond motifs is 1. The van der Waals surface area contributed by atoms with Gasteiger partial charge in [-0.2, -0.15) is 0 Å². The molecule has 1 aliphatic rings. The Kier molecular flexibility index (Phi) is 6.53. The Hall–Kier alpha value is -3.95. The average molecular weight is 450 g/mol. The molecule has 0 aliphatic carbocycles. The van der Waals surface area contributed by atoms with Gasteiger partial charge in [-0.3, -0.25) is 18.9 Å². The van der Waals surface area contributed by atoms with Crippen molar-refractivity contribution in [3.63, 3.8) is 0 Å². The van der Waals surface area contributed by atoms with Crippen LogP contribution in [0.3, 0.4) is 0 Å². The van der Waals surface area contributed by atoms with Crippen LogP contribution in [0.25, 0.3) is 5.65 Å². The van der Waals surface area contributed by atoms with Gasteiger partial charge in [0, 0.05) is 19.2 Å². The van der Waals surface area contributed by atoms with Gasteiger partial charge in [-0.05, 0) is 49.6 Å². The van der Waals surface area contributed by atoms with Crippen LogP contribution in [0.5, 0.6) is 5.75 Å². The maximum atomic E-state index is 12.7. The van der Waals surface area contributed by atoms with Crippen LogP contribution in [0.4, 0.5) is 4.79 Å². The number of imide groups is 1. The first-order valence-corrected chi connectivity index (χ1v) is 10.8. The summed E-state index contributed by atoms with van der Waals surface area (Å²) in [5, 5.41) is 13.8. The van der Waals surface area contributed by atoms with E-state index in [9.17, 15) is 14.4 Å². The lowest BCUT2D eigenvalue weighted by Crippen LogP contribution is -2.34. The Balaban J connectivity index is 1.27. The SMILES string of the molecule is COc1ccc(CCN2C(=O)N[C@@H](CCC(=O)N[C@@H](C)c3nnc4ccccn34)C2=O)cc1. The van der Waals surface area contributed by atoms with Crippen molar-refractivity contribution in [2.24, 2.45) is 0 Å². The fraction of sp³-hybridized carbons (Fsp3) is 0.348. The summed E-state index contributed by atoms with van der Waals surface area (Å²) in [5.74, 6) is 0.833. The number of urea groups is 1. The molecule has 0 saturated carbocycles. The molecule has 2 atom stereocenters. The Morgan fingerprint density at radius 3 is 2.73 bits per heavy atom. The number of carbonyl (C=O) groups excluding carboxylic acids is 3. The van der Waals surface area contributed by atoms with E-state index in [0.29, 0.717) is 17.9 Å². The van der Waals surface area contributed by atoms with Crippen LogP contribution in [0, 0.1) is 0 Å². The highest BCUT2D eigenvalue weighted by Crippen LogP contribution is 2.16. The predicted molar refractivity (Wildman–Crippen MR) is 120 cm³/mol. The number of amides is 4. The molecule has 0 radical (unpaired) electrons. The van der Waals surface area contributed by atoms with Gasteiger partial charge < -0.3 is 15.4 Å². The molecule has 4 amide bonds. The predicted octanol–water partition coefficient (Wildman–Crippen LogP) is 1.86. The van der Waals surface area contributed by atoms with E-state index in [-0.39, 0.29) is 37.2 Å². The van der Waals surface area contributed by atoms with E-state index >= 15 is 0 Å². The summed E-state index contributed by atoms with van der Waals surface area (Å²) in [6.45, 7) is 2.10. The van der Waals surface area contributed by atoms with Crippen molar-refractivity contribution in [1.82, 2.24) is 30.1 Å². The van der Waals surface area contributed by atoms with Gasteiger partial charge in [-0.1, -0.05) is 18.2 Å². The Bertz CT molecular complexity index is 1160.